The Balaban J connectivity index is 1.38. The Bertz CT molecular complexity index is 1260. The number of likely N-dealkylation sites (tertiary alicyclic amines) is 1. The van der Waals surface area contributed by atoms with E-state index in [9.17, 15) is 24.0 Å². The van der Waals surface area contributed by atoms with E-state index in [1.807, 2.05) is 45.0 Å². The number of amides is 4. The van der Waals surface area contributed by atoms with Crippen LogP contribution in [-0.2, 0) is 36.8 Å². The number of primary amides is 1. The van der Waals surface area contributed by atoms with Crippen molar-refractivity contribution in [3.8, 4) is 0 Å². The number of ether oxygens (including phenoxy) is 1. The molecule has 1 aliphatic heterocycles. The minimum Gasteiger partial charge on any atom is -0.449 e. The summed E-state index contributed by atoms with van der Waals surface area (Å²) in [4.78, 5) is 67.1. The van der Waals surface area contributed by atoms with E-state index in [4.69, 9.17) is 10.5 Å². The highest BCUT2D eigenvalue weighted by molar-refractivity contribution is 6.37. The molecule has 4 amide bonds. The van der Waals surface area contributed by atoms with E-state index in [-0.39, 0.29) is 47.0 Å². The van der Waals surface area contributed by atoms with Crippen LogP contribution in [0.15, 0.2) is 24.3 Å². The first-order valence-electron chi connectivity index (χ1n) is 15.1. The lowest BCUT2D eigenvalue weighted by Crippen LogP contribution is -2.59. The van der Waals surface area contributed by atoms with Crippen molar-refractivity contribution < 1.29 is 28.7 Å². The molecule has 1 saturated heterocycles. The summed E-state index contributed by atoms with van der Waals surface area (Å²) in [6.45, 7) is 10.6. The molecule has 3 unspecified atom stereocenters. The molecule has 0 aromatic heterocycles. The molecule has 2 saturated carbocycles. The fourth-order valence-corrected chi connectivity index (χ4v) is 7.00. The highest BCUT2D eigenvalue weighted by Crippen LogP contribution is 2.65. The average molecular weight is 581 g/mol. The second-order valence-corrected chi connectivity index (χ2v) is 14.6. The number of benzene rings is 1. The maximum atomic E-state index is 14.4. The van der Waals surface area contributed by atoms with Gasteiger partial charge in [-0.2, -0.15) is 0 Å². The topological polar surface area (TPSA) is 148 Å². The Labute approximate surface area is 247 Å². The van der Waals surface area contributed by atoms with Crippen molar-refractivity contribution >= 4 is 29.6 Å². The minimum absolute atomic E-state index is 0.0963. The van der Waals surface area contributed by atoms with Gasteiger partial charge < -0.3 is 26.0 Å². The van der Waals surface area contributed by atoms with Gasteiger partial charge in [-0.1, -0.05) is 71.7 Å². The average Bonchev–Trinajstić information content (AvgIpc) is 3.67. The highest BCUT2D eigenvalue weighted by Gasteiger charge is 2.69. The number of piperidine rings is 1. The number of Topliss-reactive ketones (excluding diaryl/α,β-unsaturated/α-hetero) is 1. The standard InChI is InChI=1S/C32H44N4O6/c1-31(2,3)16-42-30(41)35-24(20-13-18-8-6-7-9-19(18)14-20)29(40)36-15-21-23(32(21,4)5)25(36)28(39)34-22(12-17-10-11-17)26(37)27(33)38/h6-9,17,20-25H,10-16H2,1-5H3,(H2,33,38)(H,34,39)(H,35,41)/t21?,22?,23?,24-,25-/m0/s1. The molecule has 3 aliphatic carbocycles. The van der Waals surface area contributed by atoms with Gasteiger partial charge in [-0.3, -0.25) is 19.2 Å². The maximum absolute atomic E-state index is 14.4. The van der Waals surface area contributed by atoms with Gasteiger partial charge in [-0.05, 0) is 64.9 Å². The Hall–Kier alpha value is -3.43. The van der Waals surface area contributed by atoms with Crippen LogP contribution in [0.3, 0.4) is 0 Å². The zero-order valence-electron chi connectivity index (χ0n) is 25.3. The van der Waals surface area contributed by atoms with Gasteiger partial charge in [0, 0.05) is 6.54 Å². The third-order valence-electron chi connectivity index (χ3n) is 9.63. The molecule has 5 rings (SSSR count). The molecular formula is C32H44N4O6. The zero-order valence-corrected chi connectivity index (χ0v) is 25.3. The van der Waals surface area contributed by atoms with Crippen molar-refractivity contribution in [1.82, 2.24) is 15.5 Å². The molecule has 10 heteroatoms. The Kier molecular flexibility index (Phi) is 7.87. The van der Waals surface area contributed by atoms with Crippen molar-refractivity contribution in [2.75, 3.05) is 13.2 Å². The van der Waals surface area contributed by atoms with Gasteiger partial charge in [0.2, 0.25) is 17.6 Å². The fraction of sp³-hybridized carbons (Fsp3) is 0.656. The van der Waals surface area contributed by atoms with E-state index in [0.717, 1.165) is 24.0 Å². The minimum atomic E-state index is -1.08. The number of fused-ring (bicyclic) bond motifs is 2. The number of carbonyl (C=O) groups excluding carboxylic acids is 5. The lowest BCUT2D eigenvalue weighted by Gasteiger charge is -2.35. The number of nitrogens with zero attached hydrogens (tertiary/aromatic N) is 1. The Morgan fingerprint density at radius 3 is 2.21 bits per heavy atom. The summed E-state index contributed by atoms with van der Waals surface area (Å²) in [5, 5.41) is 5.66. The van der Waals surface area contributed by atoms with E-state index in [1.54, 1.807) is 4.90 Å². The first-order chi connectivity index (χ1) is 19.7. The summed E-state index contributed by atoms with van der Waals surface area (Å²) < 4.78 is 5.49. The predicted octanol–water partition coefficient (Wildman–Crippen LogP) is 2.36. The van der Waals surface area contributed by atoms with Gasteiger partial charge in [0.25, 0.3) is 5.91 Å². The van der Waals surface area contributed by atoms with Crippen LogP contribution in [0.25, 0.3) is 0 Å². The van der Waals surface area contributed by atoms with E-state index in [1.165, 1.54) is 0 Å². The van der Waals surface area contributed by atoms with Gasteiger partial charge in [0.05, 0.1) is 12.6 Å². The lowest BCUT2D eigenvalue weighted by atomic mass is 9.93. The first kappa shape index (κ1) is 30.0. The van der Waals surface area contributed by atoms with Crippen molar-refractivity contribution in [3.63, 3.8) is 0 Å². The first-order valence-corrected chi connectivity index (χ1v) is 15.1. The van der Waals surface area contributed by atoms with Crippen LogP contribution in [0.4, 0.5) is 4.79 Å². The van der Waals surface area contributed by atoms with Crippen molar-refractivity contribution in [1.29, 1.82) is 0 Å². The number of rotatable bonds is 10. The highest BCUT2D eigenvalue weighted by atomic mass is 16.5. The summed E-state index contributed by atoms with van der Waals surface area (Å²) in [7, 11) is 0. The van der Waals surface area contributed by atoms with Crippen LogP contribution >= 0.6 is 0 Å². The largest absolute Gasteiger partial charge is 0.449 e. The maximum Gasteiger partial charge on any atom is 0.407 e. The van der Waals surface area contributed by atoms with E-state index < -0.39 is 41.8 Å². The molecule has 4 N–H and O–H groups in total. The van der Waals surface area contributed by atoms with E-state index >= 15 is 0 Å². The number of hydrogen-bond donors (Lipinski definition) is 3. The number of nitrogens with one attached hydrogen (secondary N) is 2. The molecule has 1 heterocycles. The van der Waals surface area contributed by atoms with Crippen molar-refractivity contribution in [2.24, 2.45) is 40.2 Å². The normalized spacial score (nSPS) is 25.5. The molecule has 0 radical (unpaired) electrons. The molecule has 42 heavy (non-hydrogen) atoms. The number of nitrogens with two attached hydrogens (primary N) is 1. The molecule has 5 atom stereocenters. The second kappa shape index (κ2) is 11.0. The molecule has 0 spiro atoms. The second-order valence-electron chi connectivity index (χ2n) is 14.6. The number of alkyl carbamates (subject to hydrolysis) is 1. The van der Waals surface area contributed by atoms with Gasteiger partial charge in [-0.25, -0.2) is 4.79 Å². The van der Waals surface area contributed by atoms with Gasteiger partial charge >= 0.3 is 6.09 Å². The summed E-state index contributed by atoms with van der Waals surface area (Å²) in [6, 6.07) is 5.28. The third kappa shape index (κ3) is 6.17. The smallest absolute Gasteiger partial charge is 0.407 e. The van der Waals surface area contributed by atoms with Crippen LogP contribution < -0.4 is 16.4 Å². The fourth-order valence-electron chi connectivity index (χ4n) is 7.00. The Morgan fingerprint density at radius 1 is 1.05 bits per heavy atom. The quantitative estimate of drug-likeness (QED) is 0.362. The van der Waals surface area contributed by atoms with Crippen LogP contribution in [0, 0.1) is 34.5 Å². The van der Waals surface area contributed by atoms with Crippen molar-refractivity contribution in [3.05, 3.63) is 35.4 Å². The number of ketones is 1. The van der Waals surface area contributed by atoms with Crippen LogP contribution in [0.1, 0.15) is 65.0 Å². The molecular weight excluding hydrogens is 536 g/mol. The molecule has 3 fully saturated rings. The molecule has 10 nitrogen and oxygen atoms in total. The van der Waals surface area contributed by atoms with Crippen LogP contribution in [0.2, 0.25) is 0 Å². The number of hydrogen-bond acceptors (Lipinski definition) is 6. The molecule has 1 aromatic carbocycles. The lowest BCUT2D eigenvalue weighted by molar-refractivity contribution is -0.144. The molecule has 1 aromatic rings. The van der Waals surface area contributed by atoms with Crippen LogP contribution in [-0.4, -0.2) is 65.8 Å². The summed E-state index contributed by atoms with van der Waals surface area (Å²) >= 11 is 0. The summed E-state index contributed by atoms with van der Waals surface area (Å²) in [5.74, 6) is -2.60. The van der Waals surface area contributed by atoms with Gasteiger partial charge in [-0.15, -0.1) is 0 Å². The molecule has 228 valence electrons. The molecule has 4 aliphatic rings. The third-order valence-corrected chi connectivity index (χ3v) is 9.63. The van der Waals surface area contributed by atoms with Crippen LogP contribution in [0.5, 0.6) is 0 Å². The molecule has 0 bridgehead atoms. The number of carbonyl (C=O) groups is 5. The van der Waals surface area contributed by atoms with Gasteiger partial charge in [0.15, 0.2) is 0 Å². The van der Waals surface area contributed by atoms with Gasteiger partial charge in [0.1, 0.15) is 12.1 Å². The zero-order chi connectivity index (χ0) is 30.6. The summed E-state index contributed by atoms with van der Waals surface area (Å²) in [6.07, 6.45) is 2.80. The van der Waals surface area contributed by atoms with E-state index in [2.05, 4.69) is 24.5 Å². The monoisotopic (exact) mass is 580 g/mol. The SMILES string of the molecule is CC(C)(C)COC(=O)N[C@H](C(=O)N1CC2C([C@H]1C(=O)NC(CC1CC1)C(=O)C(N)=O)C2(C)C)C1Cc2ccccc2C1. The summed E-state index contributed by atoms with van der Waals surface area (Å²) in [5.41, 5.74) is 7.18. The van der Waals surface area contributed by atoms with Crippen molar-refractivity contribution in [2.45, 2.75) is 84.8 Å². The predicted molar refractivity (Wildman–Crippen MR) is 155 cm³/mol. The Morgan fingerprint density at radius 2 is 1.67 bits per heavy atom. The van der Waals surface area contributed by atoms with E-state index in [0.29, 0.717) is 25.8 Å².